The van der Waals surface area contributed by atoms with E-state index in [-0.39, 0.29) is 25.1 Å². The van der Waals surface area contributed by atoms with Crippen LogP contribution >= 0.6 is 7.82 Å². The van der Waals surface area contributed by atoms with Gasteiger partial charge in [-0.1, -0.05) is 334 Å². The first-order valence-corrected chi connectivity index (χ1v) is 39.8. The molecule has 0 rings (SSSR count). The first kappa shape index (κ1) is 85.2. The summed E-state index contributed by atoms with van der Waals surface area (Å²) in [5.74, 6) is -0.482. The third-order valence-electron chi connectivity index (χ3n) is 17.6. The molecule has 0 fully saturated rings. The third-order valence-corrected chi connectivity index (χ3v) is 18.5. The molecule has 2 N–H and O–H groups in total. The lowest BCUT2D eigenvalue weighted by Gasteiger charge is -2.27. The van der Waals surface area contributed by atoms with Crippen LogP contribution in [0.5, 0.6) is 0 Å². The SMILES string of the molecule is CCCCCCCC/C=C/CCCCCCCCCCCCCCCCCC(=O)NC(COP(=O)(O)OCC[N+](C)(C)C)C(/C=C/CCCCCCCCCCCCC)OC(=O)CCCCCCCCCCCCCCC/C=C/CCCCCCCC. The number of allylic oxidation sites excluding steroid dienone is 5. The zero-order valence-corrected chi connectivity index (χ0v) is 59.9. The number of phosphoric ester groups is 1. The summed E-state index contributed by atoms with van der Waals surface area (Å²) < 4.78 is 30.9. The summed E-state index contributed by atoms with van der Waals surface area (Å²) in [4.78, 5) is 38.0. The van der Waals surface area contributed by atoms with Crippen LogP contribution in [-0.2, 0) is 27.9 Å². The van der Waals surface area contributed by atoms with E-state index in [2.05, 4.69) is 56.5 Å². The van der Waals surface area contributed by atoms with Gasteiger partial charge >= 0.3 is 13.8 Å². The number of nitrogens with zero attached hydrogens (tertiary/aromatic N) is 1. The Balaban J connectivity index is 4.99. The molecule has 3 atom stereocenters. The van der Waals surface area contributed by atoms with Crippen LogP contribution in [0.25, 0.3) is 0 Å². The lowest BCUT2D eigenvalue weighted by Crippen LogP contribution is -2.47. The van der Waals surface area contributed by atoms with E-state index in [1.54, 1.807) is 0 Å². The van der Waals surface area contributed by atoms with Gasteiger partial charge in [0.25, 0.3) is 0 Å². The Bertz CT molecular complexity index is 1580. The van der Waals surface area contributed by atoms with Gasteiger partial charge < -0.3 is 19.4 Å². The highest BCUT2D eigenvalue weighted by molar-refractivity contribution is 7.47. The molecule has 0 heterocycles. The summed E-state index contributed by atoms with van der Waals surface area (Å²) in [7, 11) is 1.52. The fourth-order valence-corrected chi connectivity index (χ4v) is 12.4. The summed E-state index contributed by atoms with van der Waals surface area (Å²) in [5.41, 5.74) is 0. The monoisotopic (exact) mass is 1250 g/mol. The number of amides is 1. The minimum Gasteiger partial charge on any atom is -0.456 e. The Morgan fingerprint density at radius 3 is 0.977 bits per heavy atom. The van der Waals surface area contributed by atoms with E-state index in [1.165, 1.54) is 302 Å². The Morgan fingerprint density at radius 2 is 0.667 bits per heavy atom. The van der Waals surface area contributed by atoms with E-state index in [0.29, 0.717) is 23.9 Å². The minimum atomic E-state index is -4.45. The number of carbonyl (C=O) groups is 2. The number of hydrogen-bond donors (Lipinski definition) is 2. The highest BCUT2D eigenvalue weighted by Crippen LogP contribution is 2.43. The molecule has 0 aliphatic carbocycles. The average molecular weight is 1250 g/mol. The van der Waals surface area contributed by atoms with Crippen molar-refractivity contribution in [1.29, 1.82) is 0 Å². The van der Waals surface area contributed by atoms with E-state index in [9.17, 15) is 19.0 Å². The Hall–Kier alpha value is -1.77. The normalized spacial score (nSPS) is 13.6. The molecule has 10 heteroatoms. The lowest BCUT2D eigenvalue weighted by molar-refractivity contribution is -0.870. The number of rotatable bonds is 71. The molecule has 0 aromatic rings. The second kappa shape index (κ2) is 67.1. The van der Waals surface area contributed by atoms with Crippen molar-refractivity contribution in [3.05, 3.63) is 36.5 Å². The van der Waals surface area contributed by atoms with E-state index in [1.807, 2.05) is 27.2 Å². The van der Waals surface area contributed by atoms with Gasteiger partial charge in [0.1, 0.15) is 19.3 Å². The van der Waals surface area contributed by atoms with E-state index in [0.717, 1.165) is 57.8 Å². The van der Waals surface area contributed by atoms with Gasteiger partial charge in [-0.05, 0) is 83.1 Å². The fraction of sp³-hybridized carbons (Fsp3) is 0.896. The van der Waals surface area contributed by atoms with Crippen molar-refractivity contribution >= 4 is 19.7 Å². The summed E-state index contributed by atoms with van der Waals surface area (Å²) in [6.45, 7) is 7.08. The number of hydrogen-bond acceptors (Lipinski definition) is 6. The molecule has 0 radical (unpaired) electrons. The number of phosphoric acid groups is 1. The molecule has 0 aromatic heterocycles. The molecule has 514 valence electrons. The molecule has 3 unspecified atom stereocenters. The van der Waals surface area contributed by atoms with Crippen LogP contribution in [0.1, 0.15) is 393 Å². The van der Waals surface area contributed by atoms with Crippen molar-refractivity contribution < 1.29 is 37.3 Å². The highest BCUT2D eigenvalue weighted by Gasteiger charge is 2.30. The molecule has 0 spiro atoms. The van der Waals surface area contributed by atoms with Gasteiger partial charge in [0, 0.05) is 12.8 Å². The molecule has 0 saturated carbocycles. The van der Waals surface area contributed by atoms with Gasteiger partial charge in [0.15, 0.2) is 0 Å². The van der Waals surface area contributed by atoms with Crippen molar-refractivity contribution in [3.8, 4) is 0 Å². The molecule has 0 bridgehead atoms. The van der Waals surface area contributed by atoms with Crippen LogP contribution in [0, 0.1) is 0 Å². The fourth-order valence-electron chi connectivity index (χ4n) is 11.6. The number of likely N-dealkylation sites (N-methyl/N-ethyl adjacent to an activating group) is 1. The van der Waals surface area contributed by atoms with Crippen LogP contribution in [-0.4, -0.2) is 74.3 Å². The predicted molar refractivity (Wildman–Crippen MR) is 379 cm³/mol. The number of unbranched alkanes of at least 4 members (excludes halogenated alkanes) is 51. The van der Waals surface area contributed by atoms with Crippen LogP contribution in [0.2, 0.25) is 0 Å². The van der Waals surface area contributed by atoms with E-state index < -0.39 is 20.0 Å². The van der Waals surface area contributed by atoms with Gasteiger partial charge in [0.2, 0.25) is 5.91 Å². The minimum absolute atomic E-state index is 0.0434. The van der Waals surface area contributed by atoms with Crippen LogP contribution in [0.3, 0.4) is 0 Å². The standard InChI is InChI=1S/C77H149N2O7P/c1-7-10-13-16-19-22-25-28-30-32-34-36-38-39-41-42-44-46-48-51-54-57-60-63-66-69-76(80)78-74(73-85-87(82,83)84-72-71-79(4,5)6)75(68-65-62-59-56-53-50-27-24-21-18-15-12-9-3)86-77(81)70-67-64-61-58-55-52-49-47-45-43-40-37-35-33-31-29-26-23-20-17-14-11-8-2/h28-31,65,68,74-75H,7-27,32-64,66-67,69-73H2,1-6H3,(H-,78,80,82,83)/p+1/b30-28+,31-29+,68-65+. The third kappa shape index (κ3) is 68.4. The molecular weight excluding hydrogens is 1100 g/mol. The zero-order valence-electron chi connectivity index (χ0n) is 59.0. The van der Waals surface area contributed by atoms with Gasteiger partial charge in [-0.15, -0.1) is 0 Å². The first-order chi connectivity index (χ1) is 42.4. The Morgan fingerprint density at radius 1 is 0.391 bits per heavy atom. The number of ether oxygens (including phenoxy) is 1. The van der Waals surface area contributed by atoms with Crippen LogP contribution < -0.4 is 5.32 Å². The van der Waals surface area contributed by atoms with E-state index >= 15 is 0 Å². The summed E-state index contributed by atoms with van der Waals surface area (Å²) in [6, 6.07) is -0.846. The van der Waals surface area contributed by atoms with E-state index in [4.69, 9.17) is 13.8 Å². The van der Waals surface area contributed by atoms with Crippen LogP contribution in [0.4, 0.5) is 0 Å². The summed E-state index contributed by atoms with van der Waals surface area (Å²) in [5, 5.41) is 3.09. The molecule has 87 heavy (non-hydrogen) atoms. The maximum atomic E-state index is 13.7. The van der Waals surface area contributed by atoms with Crippen molar-refractivity contribution in [2.45, 2.75) is 405 Å². The van der Waals surface area contributed by atoms with Gasteiger partial charge in [-0.25, -0.2) is 4.57 Å². The van der Waals surface area contributed by atoms with Crippen molar-refractivity contribution in [3.63, 3.8) is 0 Å². The van der Waals surface area contributed by atoms with Gasteiger partial charge in [0.05, 0.1) is 33.8 Å². The zero-order chi connectivity index (χ0) is 63.5. The average Bonchev–Trinajstić information content (AvgIpc) is 3.70. The number of quaternary nitrogens is 1. The maximum absolute atomic E-state index is 13.7. The Labute approximate surface area is 542 Å². The van der Waals surface area contributed by atoms with Crippen molar-refractivity contribution in [1.82, 2.24) is 5.32 Å². The van der Waals surface area contributed by atoms with Gasteiger partial charge in [-0.3, -0.25) is 18.6 Å². The lowest BCUT2D eigenvalue weighted by atomic mass is 10.0. The second-order valence-corrected chi connectivity index (χ2v) is 29.0. The summed E-state index contributed by atoms with van der Waals surface area (Å²) in [6.07, 6.45) is 84.5. The predicted octanol–water partition coefficient (Wildman–Crippen LogP) is 24.6. The molecule has 0 aliphatic heterocycles. The molecule has 9 nitrogen and oxygen atoms in total. The topological polar surface area (TPSA) is 111 Å². The van der Waals surface area contributed by atoms with Gasteiger partial charge in [-0.2, -0.15) is 0 Å². The molecule has 1 amide bonds. The first-order valence-electron chi connectivity index (χ1n) is 38.3. The number of carbonyl (C=O) groups excluding carboxylic acids is 2. The molecule has 0 aliphatic rings. The molecule has 0 aromatic carbocycles. The summed E-state index contributed by atoms with van der Waals surface area (Å²) >= 11 is 0. The Kier molecular flexibility index (Phi) is 65.8. The highest BCUT2D eigenvalue weighted by atomic mass is 31.2. The number of nitrogens with one attached hydrogen (secondary N) is 1. The largest absolute Gasteiger partial charge is 0.472 e. The molecule has 0 saturated heterocycles. The van der Waals surface area contributed by atoms with Crippen molar-refractivity contribution in [2.75, 3.05) is 40.9 Å². The van der Waals surface area contributed by atoms with Crippen LogP contribution in [0.15, 0.2) is 36.5 Å². The quantitative estimate of drug-likeness (QED) is 0.0205. The smallest absolute Gasteiger partial charge is 0.456 e. The van der Waals surface area contributed by atoms with Crippen molar-refractivity contribution in [2.24, 2.45) is 0 Å². The second-order valence-electron chi connectivity index (χ2n) is 27.5. The molecular formula is C77H150N2O7P+. The number of esters is 1. The maximum Gasteiger partial charge on any atom is 0.472 e.